The molecule has 0 bridgehead atoms. The Morgan fingerprint density at radius 3 is 2.73 bits per heavy atom. The van der Waals surface area contributed by atoms with E-state index in [0.717, 1.165) is 32.9 Å². The first-order valence-electron chi connectivity index (χ1n) is 13.5. The molecule has 2 aromatic carbocycles. The number of hydrogen-bond donors (Lipinski definition) is 1. The van der Waals surface area contributed by atoms with E-state index in [0.29, 0.717) is 29.6 Å². The third kappa shape index (κ3) is 5.63. The first kappa shape index (κ1) is 26.9. The predicted octanol–water partition coefficient (Wildman–Crippen LogP) is 7.11. The highest BCUT2D eigenvalue weighted by Gasteiger charge is 2.21. The number of thioether (sulfide) groups is 1. The molecule has 0 aliphatic rings. The molecule has 210 valence electrons. The summed E-state index contributed by atoms with van der Waals surface area (Å²) in [7, 11) is 0. The number of fused-ring (bicyclic) bond motifs is 2. The first-order chi connectivity index (χ1) is 20.0. The smallest absolute Gasteiger partial charge is 0.247 e. The number of hydrogen-bond acceptors (Lipinski definition) is 9. The molecule has 0 saturated carbocycles. The molecule has 0 aliphatic heterocycles. The monoisotopic (exact) mass is 569 g/mol. The van der Waals surface area contributed by atoms with E-state index in [9.17, 15) is 0 Å². The van der Waals surface area contributed by atoms with Crippen molar-refractivity contribution < 1.29 is 13.9 Å². The van der Waals surface area contributed by atoms with Crippen LogP contribution in [0.5, 0.6) is 5.75 Å². The van der Waals surface area contributed by atoms with Gasteiger partial charge in [-0.1, -0.05) is 30.3 Å². The Morgan fingerprint density at radius 2 is 1.93 bits per heavy atom. The summed E-state index contributed by atoms with van der Waals surface area (Å²) in [5.41, 5.74) is 4.77. The van der Waals surface area contributed by atoms with Crippen LogP contribution in [0.15, 0.2) is 82.8 Å². The molecule has 11 heteroatoms. The average molecular weight is 570 g/mol. The van der Waals surface area contributed by atoms with Crippen LogP contribution in [0, 0.1) is 0 Å². The molecule has 0 radical (unpaired) electrons. The van der Waals surface area contributed by atoms with Gasteiger partial charge in [0.05, 0.1) is 24.3 Å². The number of anilines is 2. The van der Waals surface area contributed by atoms with Crippen molar-refractivity contribution >= 4 is 40.0 Å². The van der Waals surface area contributed by atoms with E-state index in [1.807, 2.05) is 52.1 Å². The lowest BCUT2D eigenvalue weighted by atomic mass is 10.2. The molecule has 0 spiro atoms. The summed E-state index contributed by atoms with van der Waals surface area (Å²) in [4.78, 5) is 10.6. The second kappa shape index (κ2) is 11.6. The van der Waals surface area contributed by atoms with E-state index >= 15 is 0 Å². The van der Waals surface area contributed by atoms with Crippen LogP contribution >= 0.6 is 11.8 Å². The average Bonchev–Trinajstić information content (AvgIpc) is 3.73. The number of ether oxygens (including phenoxy) is 2. The number of furan rings is 1. The van der Waals surface area contributed by atoms with E-state index in [2.05, 4.69) is 50.8 Å². The highest BCUT2D eigenvalue weighted by molar-refractivity contribution is 7.98. The first-order valence-corrected chi connectivity index (χ1v) is 14.5. The summed E-state index contributed by atoms with van der Waals surface area (Å²) < 4.78 is 21.2. The molecule has 10 nitrogen and oxygen atoms in total. The fraction of sp³-hybridized carbons (Fsp3) is 0.267. The van der Waals surface area contributed by atoms with Gasteiger partial charge in [0.2, 0.25) is 11.6 Å². The molecule has 0 aliphatic carbocycles. The van der Waals surface area contributed by atoms with Gasteiger partial charge in [-0.2, -0.15) is 14.6 Å². The van der Waals surface area contributed by atoms with Crippen LogP contribution in [0.4, 0.5) is 11.6 Å². The molecule has 6 aromatic rings. The molecule has 41 heavy (non-hydrogen) atoms. The summed E-state index contributed by atoms with van der Waals surface area (Å²) in [5, 5.41) is 13.5. The zero-order chi connectivity index (χ0) is 28.3. The highest BCUT2D eigenvalue weighted by atomic mass is 32.2. The van der Waals surface area contributed by atoms with Gasteiger partial charge in [0, 0.05) is 34.4 Å². The predicted molar refractivity (Wildman–Crippen MR) is 160 cm³/mol. The molecule has 0 saturated heterocycles. The Balaban J connectivity index is 1.31. The lowest BCUT2D eigenvalue weighted by Gasteiger charge is -2.13. The van der Waals surface area contributed by atoms with Crippen molar-refractivity contribution in [3.8, 4) is 17.0 Å². The Hall–Kier alpha value is -4.35. The Kier molecular flexibility index (Phi) is 7.62. The normalized spacial score (nSPS) is 12.4. The van der Waals surface area contributed by atoms with Gasteiger partial charge in [0.25, 0.3) is 0 Å². The molecule has 0 amide bonds. The van der Waals surface area contributed by atoms with Crippen LogP contribution in [-0.4, -0.2) is 42.1 Å². The van der Waals surface area contributed by atoms with Gasteiger partial charge in [-0.3, -0.25) is 0 Å². The SMILES string of the molecule is CCOC(C)n1cc(-c2ncn3nc(Nc4ccc(SCc5ccccc5)c5ccoc45)nc3c2OC(C)C)cn1. The van der Waals surface area contributed by atoms with E-state index in [-0.39, 0.29) is 12.3 Å². The molecule has 1 unspecified atom stereocenters. The van der Waals surface area contributed by atoms with Crippen LogP contribution in [0.3, 0.4) is 0 Å². The maximum absolute atomic E-state index is 6.23. The topological polar surface area (TPSA) is 105 Å². The Morgan fingerprint density at radius 1 is 1.07 bits per heavy atom. The third-order valence-corrected chi connectivity index (χ3v) is 7.56. The van der Waals surface area contributed by atoms with Gasteiger partial charge >= 0.3 is 0 Å². The van der Waals surface area contributed by atoms with E-state index in [4.69, 9.17) is 18.9 Å². The standard InChI is InChI=1S/C30H31N7O3S/c1-5-38-20(4)36-16-22(15-32-36)26-28(40-19(2)3)29-34-30(35-37(29)18-31-26)33-24-11-12-25(23-13-14-39-27(23)24)41-17-21-9-7-6-8-10-21/h6-16,18-20H,5,17H2,1-4H3,(H,33,35). The van der Waals surface area contributed by atoms with Crippen molar-refractivity contribution in [3.63, 3.8) is 0 Å². The third-order valence-electron chi connectivity index (χ3n) is 6.41. The number of rotatable bonds is 11. The summed E-state index contributed by atoms with van der Waals surface area (Å²) >= 11 is 1.78. The van der Waals surface area contributed by atoms with Crippen molar-refractivity contribution in [2.24, 2.45) is 0 Å². The minimum Gasteiger partial charge on any atom is -0.485 e. The highest BCUT2D eigenvalue weighted by Crippen LogP contribution is 2.37. The van der Waals surface area contributed by atoms with Gasteiger partial charge in [0.1, 0.15) is 18.2 Å². The lowest BCUT2D eigenvalue weighted by molar-refractivity contribution is 0.0160. The number of nitrogens with zero attached hydrogens (tertiary/aromatic N) is 6. The van der Waals surface area contributed by atoms with Crippen molar-refractivity contribution in [2.75, 3.05) is 11.9 Å². The zero-order valence-electron chi connectivity index (χ0n) is 23.3. The van der Waals surface area contributed by atoms with Crippen LogP contribution in [0.25, 0.3) is 27.9 Å². The van der Waals surface area contributed by atoms with Gasteiger partial charge in [-0.15, -0.1) is 16.9 Å². The van der Waals surface area contributed by atoms with Crippen molar-refractivity contribution in [1.82, 2.24) is 29.4 Å². The van der Waals surface area contributed by atoms with Crippen LogP contribution in [0.2, 0.25) is 0 Å². The lowest BCUT2D eigenvalue weighted by Crippen LogP contribution is -2.10. The molecule has 4 heterocycles. The maximum Gasteiger partial charge on any atom is 0.247 e. The second-order valence-corrected chi connectivity index (χ2v) is 10.7. The van der Waals surface area contributed by atoms with Crippen molar-refractivity contribution in [2.45, 2.75) is 50.7 Å². The number of aromatic nitrogens is 6. The second-order valence-electron chi connectivity index (χ2n) is 9.73. The summed E-state index contributed by atoms with van der Waals surface area (Å²) in [6, 6.07) is 16.5. The number of benzene rings is 2. The largest absolute Gasteiger partial charge is 0.485 e. The molecule has 4 aromatic heterocycles. The Labute approximate surface area is 241 Å². The van der Waals surface area contributed by atoms with E-state index in [1.165, 1.54) is 5.56 Å². The molecular weight excluding hydrogens is 538 g/mol. The molecular formula is C30H31N7O3S. The van der Waals surface area contributed by atoms with Crippen molar-refractivity contribution in [1.29, 1.82) is 0 Å². The van der Waals surface area contributed by atoms with Gasteiger partial charge in [-0.05, 0) is 51.5 Å². The summed E-state index contributed by atoms with van der Waals surface area (Å²) in [5.74, 6) is 1.81. The summed E-state index contributed by atoms with van der Waals surface area (Å²) in [6.45, 7) is 8.43. The molecule has 1 N–H and O–H groups in total. The Bertz CT molecular complexity index is 1780. The zero-order valence-corrected chi connectivity index (χ0v) is 24.1. The molecule has 6 rings (SSSR count). The minimum atomic E-state index is -0.197. The van der Waals surface area contributed by atoms with Crippen molar-refractivity contribution in [3.05, 3.63) is 79.1 Å². The maximum atomic E-state index is 6.23. The van der Waals surface area contributed by atoms with Gasteiger partial charge in [0.15, 0.2) is 11.3 Å². The van der Waals surface area contributed by atoms with Gasteiger partial charge < -0.3 is 19.2 Å². The molecule has 0 fully saturated rings. The van der Waals surface area contributed by atoms with E-state index in [1.54, 1.807) is 39.7 Å². The van der Waals surface area contributed by atoms with E-state index < -0.39 is 0 Å². The van der Waals surface area contributed by atoms with Gasteiger partial charge in [-0.25, -0.2) is 9.67 Å². The fourth-order valence-corrected chi connectivity index (χ4v) is 5.53. The number of nitrogens with one attached hydrogen (secondary N) is 1. The van der Waals surface area contributed by atoms with Crippen LogP contribution in [0.1, 0.15) is 39.5 Å². The minimum absolute atomic E-state index is 0.101. The van der Waals surface area contributed by atoms with Crippen LogP contribution in [-0.2, 0) is 10.5 Å². The quantitative estimate of drug-likeness (QED) is 0.163. The van der Waals surface area contributed by atoms with Crippen LogP contribution < -0.4 is 10.1 Å². The summed E-state index contributed by atoms with van der Waals surface area (Å²) in [6.07, 6.45) is 6.69. The fourth-order valence-electron chi connectivity index (χ4n) is 4.53. The molecule has 1 atom stereocenters.